The number of hydrogen-bond donors (Lipinski definition) is 0. The zero-order chi connectivity index (χ0) is 11.0. The molecule has 1 atom stereocenters. The molecular formula is C11H12ClN3O. The zero-order valence-electron chi connectivity index (χ0n) is 8.77. The molecule has 0 amide bonds. The topological polar surface area (TPSA) is 39.4 Å². The zero-order valence-corrected chi connectivity index (χ0v) is 9.52. The van der Waals surface area contributed by atoms with Crippen LogP contribution in [0.5, 0.6) is 0 Å². The van der Waals surface area contributed by atoms with Crippen LogP contribution in [0.15, 0.2) is 18.3 Å². The molecule has 0 aromatic carbocycles. The van der Waals surface area contributed by atoms with Crippen molar-refractivity contribution in [2.24, 2.45) is 0 Å². The molecule has 5 heteroatoms. The molecule has 0 radical (unpaired) electrons. The van der Waals surface area contributed by atoms with Crippen LogP contribution in [0.1, 0.15) is 30.3 Å². The first-order chi connectivity index (χ1) is 7.90. The number of aromatic nitrogens is 3. The highest BCUT2D eigenvalue weighted by Gasteiger charge is 2.23. The van der Waals surface area contributed by atoms with E-state index in [0.717, 1.165) is 36.5 Å². The molecule has 2 aromatic heterocycles. The van der Waals surface area contributed by atoms with E-state index in [4.69, 9.17) is 16.3 Å². The summed E-state index contributed by atoms with van der Waals surface area (Å²) in [5.41, 5.74) is 1.84. The van der Waals surface area contributed by atoms with Crippen molar-refractivity contribution in [2.45, 2.75) is 24.8 Å². The van der Waals surface area contributed by atoms with Crippen LogP contribution in [0.25, 0.3) is 5.65 Å². The number of halogens is 1. The molecule has 0 saturated carbocycles. The Hall–Kier alpha value is -1.13. The lowest BCUT2D eigenvalue weighted by Gasteiger charge is -2.07. The van der Waals surface area contributed by atoms with Crippen molar-refractivity contribution in [3.05, 3.63) is 29.7 Å². The fourth-order valence-corrected chi connectivity index (χ4v) is 2.30. The summed E-state index contributed by atoms with van der Waals surface area (Å²) >= 11 is 5.86. The summed E-state index contributed by atoms with van der Waals surface area (Å²) in [5.74, 6) is 1.34. The fourth-order valence-electron chi connectivity index (χ4n) is 2.09. The maximum absolute atomic E-state index is 5.86. The summed E-state index contributed by atoms with van der Waals surface area (Å²) in [6, 6.07) is 3.93. The molecule has 0 bridgehead atoms. The third-order valence-corrected chi connectivity index (χ3v) is 3.19. The molecule has 2 aromatic rings. The minimum atomic E-state index is 0.0839. The number of nitrogens with zero attached hydrogens (tertiary/aromatic N) is 3. The fraction of sp³-hybridized carbons (Fsp3) is 0.455. The average Bonchev–Trinajstić information content (AvgIpc) is 2.96. The molecule has 3 heterocycles. The molecule has 1 aliphatic rings. The second-order valence-electron chi connectivity index (χ2n) is 3.92. The van der Waals surface area contributed by atoms with Gasteiger partial charge in [-0.3, -0.25) is 4.40 Å². The lowest BCUT2D eigenvalue weighted by molar-refractivity contribution is 0.104. The lowest BCUT2D eigenvalue weighted by atomic mass is 10.2. The Bertz CT molecular complexity index is 505. The molecule has 3 rings (SSSR count). The van der Waals surface area contributed by atoms with E-state index in [1.54, 1.807) is 0 Å². The van der Waals surface area contributed by atoms with Gasteiger partial charge in [-0.25, -0.2) is 0 Å². The molecule has 1 saturated heterocycles. The largest absolute Gasteiger partial charge is 0.370 e. The van der Waals surface area contributed by atoms with E-state index < -0.39 is 0 Å². The number of alkyl halides is 1. The molecule has 0 aliphatic carbocycles. The average molecular weight is 238 g/mol. The van der Waals surface area contributed by atoms with Crippen molar-refractivity contribution in [3.63, 3.8) is 0 Å². The van der Waals surface area contributed by atoms with Gasteiger partial charge in [0.15, 0.2) is 11.5 Å². The molecule has 4 nitrogen and oxygen atoms in total. The van der Waals surface area contributed by atoms with Crippen molar-refractivity contribution in [1.29, 1.82) is 0 Å². The third-order valence-electron chi connectivity index (χ3n) is 2.90. The maximum atomic E-state index is 5.86. The van der Waals surface area contributed by atoms with Crippen LogP contribution in [0.3, 0.4) is 0 Å². The molecule has 84 valence electrons. The standard InChI is InChI=1S/C11H12ClN3O/c12-7-8-3-1-5-15-10(8)13-14-11(15)9-4-2-6-16-9/h1,3,5,9H,2,4,6-7H2. The van der Waals surface area contributed by atoms with Gasteiger partial charge in [-0.15, -0.1) is 21.8 Å². The van der Waals surface area contributed by atoms with Gasteiger partial charge in [0.1, 0.15) is 6.10 Å². The normalized spacial score (nSPS) is 20.7. The van der Waals surface area contributed by atoms with Crippen molar-refractivity contribution in [2.75, 3.05) is 6.61 Å². The maximum Gasteiger partial charge on any atom is 0.166 e. The Morgan fingerprint density at radius 2 is 2.44 bits per heavy atom. The minimum Gasteiger partial charge on any atom is -0.370 e. The highest BCUT2D eigenvalue weighted by molar-refractivity contribution is 6.17. The van der Waals surface area contributed by atoms with Gasteiger partial charge < -0.3 is 4.74 Å². The van der Waals surface area contributed by atoms with Crippen LogP contribution >= 0.6 is 11.6 Å². The van der Waals surface area contributed by atoms with Gasteiger partial charge in [0.25, 0.3) is 0 Å². The predicted octanol–water partition coefficient (Wildman–Crippen LogP) is 2.32. The van der Waals surface area contributed by atoms with E-state index in [1.807, 2.05) is 22.7 Å². The summed E-state index contributed by atoms with van der Waals surface area (Å²) in [6.45, 7) is 0.814. The summed E-state index contributed by atoms with van der Waals surface area (Å²) < 4.78 is 7.60. The number of fused-ring (bicyclic) bond motifs is 1. The first kappa shape index (κ1) is 10.1. The third kappa shape index (κ3) is 1.49. The van der Waals surface area contributed by atoms with Crippen LogP contribution in [-0.4, -0.2) is 21.2 Å². The second-order valence-corrected chi connectivity index (χ2v) is 4.19. The molecule has 0 spiro atoms. The predicted molar refractivity (Wildman–Crippen MR) is 60.5 cm³/mol. The smallest absolute Gasteiger partial charge is 0.166 e. The molecule has 1 aliphatic heterocycles. The minimum absolute atomic E-state index is 0.0839. The number of ether oxygens (including phenoxy) is 1. The van der Waals surface area contributed by atoms with E-state index >= 15 is 0 Å². The van der Waals surface area contributed by atoms with Crippen LogP contribution in [0.4, 0.5) is 0 Å². The number of pyridine rings is 1. The van der Waals surface area contributed by atoms with Crippen molar-refractivity contribution in [3.8, 4) is 0 Å². The Morgan fingerprint density at radius 3 is 3.19 bits per heavy atom. The highest BCUT2D eigenvalue weighted by Crippen LogP contribution is 2.27. The Labute approximate surface area is 98.2 Å². The van der Waals surface area contributed by atoms with E-state index in [9.17, 15) is 0 Å². The van der Waals surface area contributed by atoms with E-state index in [-0.39, 0.29) is 6.10 Å². The Balaban J connectivity index is 2.12. The van der Waals surface area contributed by atoms with Gasteiger partial charge in [0, 0.05) is 18.4 Å². The van der Waals surface area contributed by atoms with Crippen LogP contribution < -0.4 is 0 Å². The van der Waals surface area contributed by atoms with Gasteiger partial charge in [0.05, 0.1) is 5.88 Å². The number of hydrogen-bond acceptors (Lipinski definition) is 3. The van der Waals surface area contributed by atoms with E-state index in [1.165, 1.54) is 0 Å². The van der Waals surface area contributed by atoms with Crippen LogP contribution in [0, 0.1) is 0 Å². The van der Waals surface area contributed by atoms with Crippen molar-refractivity contribution >= 4 is 17.2 Å². The quantitative estimate of drug-likeness (QED) is 0.753. The molecule has 1 fully saturated rings. The molecule has 0 N–H and O–H groups in total. The van der Waals surface area contributed by atoms with Gasteiger partial charge in [-0.05, 0) is 18.9 Å². The van der Waals surface area contributed by atoms with E-state index in [2.05, 4.69) is 10.2 Å². The van der Waals surface area contributed by atoms with Gasteiger partial charge in [-0.2, -0.15) is 0 Å². The second kappa shape index (κ2) is 4.03. The summed E-state index contributed by atoms with van der Waals surface area (Å²) in [7, 11) is 0. The van der Waals surface area contributed by atoms with Crippen LogP contribution in [-0.2, 0) is 10.6 Å². The number of rotatable bonds is 2. The SMILES string of the molecule is ClCc1cccn2c(C3CCCO3)nnc12. The first-order valence-corrected chi connectivity index (χ1v) is 5.93. The molecular weight excluding hydrogens is 226 g/mol. The van der Waals surface area contributed by atoms with Crippen molar-refractivity contribution < 1.29 is 4.74 Å². The van der Waals surface area contributed by atoms with Gasteiger partial charge >= 0.3 is 0 Å². The van der Waals surface area contributed by atoms with Gasteiger partial charge in [0.2, 0.25) is 0 Å². The molecule has 1 unspecified atom stereocenters. The summed E-state index contributed by atoms with van der Waals surface area (Å²) in [4.78, 5) is 0. The highest BCUT2D eigenvalue weighted by atomic mass is 35.5. The monoisotopic (exact) mass is 237 g/mol. The lowest BCUT2D eigenvalue weighted by Crippen LogP contribution is -2.02. The Kier molecular flexibility index (Phi) is 2.53. The van der Waals surface area contributed by atoms with Crippen LogP contribution in [0.2, 0.25) is 0 Å². The molecule has 16 heavy (non-hydrogen) atoms. The summed E-state index contributed by atoms with van der Waals surface area (Å²) in [5, 5.41) is 8.40. The Morgan fingerprint density at radius 1 is 1.50 bits per heavy atom. The van der Waals surface area contributed by atoms with Gasteiger partial charge in [-0.1, -0.05) is 6.07 Å². The first-order valence-electron chi connectivity index (χ1n) is 5.40. The van der Waals surface area contributed by atoms with Crippen molar-refractivity contribution in [1.82, 2.24) is 14.6 Å². The van der Waals surface area contributed by atoms with E-state index in [0.29, 0.717) is 5.88 Å². The summed E-state index contributed by atoms with van der Waals surface area (Å²) in [6.07, 6.45) is 4.16.